The van der Waals surface area contributed by atoms with Gasteiger partial charge in [-0.15, -0.1) is 0 Å². The maximum absolute atomic E-state index is 13.3. The van der Waals surface area contributed by atoms with E-state index in [9.17, 15) is 14.5 Å². The minimum Gasteiger partial charge on any atom is -0.327 e. The molecule has 0 aromatic heterocycles. The molecule has 1 atom stereocenters. The molecule has 1 aliphatic carbocycles. The molecular weight excluding hydrogens is 247 g/mol. The first kappa shape index (κ1) is 13.9. The van der Waals surface area contributed by atoms with Crippen molar-refractivity contribution in [2.45, 2.75) is 44.6 Å². The third-order valence-electron chi connectivity index (χ3n) is 3.92. The average Bonchev–Trinajstić information content (AvgIpc) is 2.89. The van der Waals surface area contributed by atoms with Gasteiger partial charge in [-0.25, -0.2) is 4.39 Å². The van der Waals surface area contributed by atoms with E-state index < -0.39 is 10.7 Å². The maximum atomic E-state index is 13.3. The van der Waals surface area contributed by atoms with Gasteiger partial charge in [0.1, 0.15) is 5.82 Å². The Morgan fingerprint density at radius 1 is 1.37 bits per heavy atom. The zero-order valence-corrected chi connectivity index (χ0v) is 10.8. The fraction of sp³-hybridized carbons (Fsp3) is 0.571. The summed E-state index contributed by atoms with van der Waals surface area (Å²) in [7, 11) is 0. The number of rotatable bonds is 5. The lowest BCUT2D eigenvalue weighted by atomic mass is 9.93. The lowest BCUT2D eigenvalue weighted by molar-refractivity contribution is -0.385. The third kappa shape index (κ3) is 3.73. The Bertz CT molecular complexity index is 459. The highest BCUT2D eigenvalue weighted by molar-refractivity contribution is 5.35. The summed E-state index contributed by atoms with van der Waals surface area (Å²) in [4.78, 5) is 10.1. The second-order valence-corrected chi connectivity index (χ2v) is 5.32. The molecule has 0 aliphatic heterocycles. The second kappa shape index (κ2) is 6.10. The molecule has 1 saturated carbocycles. The molecule has 1 fully saturated rings. The van der Waals surface area contributed by atoms with E-state index in [1.165, 1.54) is 37.8 Å². The summed E-state index contributed by atoms with van der Waals surface area (Å²) in [5.74, 6) is 0.00202. The van der Waals surface area contributed by atoms with Crippen LogP contribution in [0.25, 0.3) is 0 Å². The first-order valence-electron chi connectivity index (χ1n) is 6.75. The number of halogens is 1. The van der Waals surface area contributed by atoms with Gasteiger partial charge in [0, 0.05) is 12.1 Å². The smallest absolute Gasteiger partial charge is 0.272 e. The first-order valence-corrected chi connectivity index (χ1v) is 6.75. The molecule has 1 aliphatic rings. The quantitative estimate of drug-likeness (QED) is 0.657. The Balaban J connectivity index is 1.96. The van der Waals surface area contributed by atoms with Crippen LogP contribution in [0.4, 0.5) is 10.1 Å². The van der Waals surface area contributed by atoms with Gasteiger partial charge in [-0.05, 0) is 43.2 Å². The largest absolute Gasteiger partial charge is 0.327 e. The van der Waals surface area contributed by atoms with Crippen LogP contribution in [0.15, 0.2) is 18.2 Å². The summed E-state index contributed by atoms with van der Waals surface area (Å²) in [6.45, 7) is 0. The van der Waals surface area contributed by atoms with Crippen molar-refractivity contribution in [3.8, 4) is 0 Å². The minimum absolute atomic E-state index is 0.116. The third-order valence-corrected chi connectivity index (χ3v) is 3.92. The van der Waals surface area contributed by atoms with Crippen LogP contribution in [0, 0.1) is 21.8 Å². The molecule has 1 unspecified atom stereocenters. The van der Waals surface area contributed by atoms with Crippen molar-refractivity contribution in [2.75, 3.05) is 0 Å². The van der Waals surface area contributed by atoms with Gasteiger partial charge in [0.05, 0.1) is 11.0 Å². The van der Waals surface area contributed by atoms with Gasteiger partial charge in [0.25, 0.3) is 5.69 Å². The van der Waals surface area contributed by atoms with Crippen LogP contribution in [0.1, 0.15) is 37.7 Å². The molecule has 1 aromatic rings. The van der Waals surface area contributed by atoms with Gasteiger partial charge in [-0.3, -0.25) is 10.1 Å². The van der Waals surface area contributed by atoms with Crippen molar-refractivity contribution in [3.05, 3.63) is 39.7 Å². The molecule has 0 spiro atoms. The number of nitrogens with zero attached hydrogens (tertiary/aromatic N) is 1. The fourth-order valence-electron chi connectivity index (χ4n) is 2.84. The molecule has 0 saturated heterocycles. The van der Waals surface area contributed by atoms with E-state index in [-0.39, 0.29) is 11.7 Å². The molecule has 1 aromatic carbocycles. The van der Waals surface area contributed by atoms with Crippen LogP contribution in [0.5, 0.6) is 0 Å². The van der Waals surface area contributed by atoms with Crippen LogP contribution in [0.3, 0.4) is 0 Å². The summed E-state index contributed by atoms with van der Waals surface area (Å²) in [5.41, 5.74) is 6.60. The van der Waals surface area contributed by atoms with Crippen LogP contribution < -0.4 is 5.73 Å². The zero-order valence-electron chi connectivity index (χ0n) is 10.8. The van der Waals surface area contributed by atoms with Crippen LogP contribution in [0.2, 0.25) is 0 Å². The summed E-state index contributed by atoms with van der Waals surface area (Å²) in [6.07, 6.45) is 6.17. The monoisotopic (exact) mass is 266 g/mol. The van der Waals surface area contributed by atoms with E-state index in [1.807, 2.05) is 0 Å². The highest BCUT2D eigenvalue weighted by atomic mass is 19.1. The number of nitro benzene ring substituents is 1. The summed E-state index contributed by atoms with van der Waals surface area (Å²) >= 11 is 0. The van der Waals surface area contributed by atoms with E-state index in [0.29, 0.717) is 17.9 Å². The number of aryl methyl sites for hydroxylation is 1. The number of benzene rings is 1. The Morgan fingerprint density at radius 2 is 2.05 bits per heavy atom. The molecule has 4 nitrogen and oxygen atoms in total. The topological polar surface area (TPSA) is 69.2 Å². The van der Waals surface area contributed by atoms with Crippen LogP contribution in [-0.2, 0) is 6.42 Å². The Labute approximate surface area is 112 Å². The highest BCUT2D eigenvalue weighted by Crippen LogP contribution is 2.28. The number of non-ortho nitro benzene ring substituents is 1. The predicted molar refractivity (Wildman–Crippen MR) is 71.3 cm³/mol. The van der Waals surface area contributed by atoms with Crippen LogP contribution in [-0.4, -0.2) is 11.0 Å². The van der Waals surface area contributed by atoms with Gasteiger partial charge in [0.15, 0.2) is 0 Å². The maximum Gasteiger partial charge on any atom is 0.272 e. The van der Waals surface area contributed by atoms with Gasteiger partial charge >= 0.3 is 0 Å². The SMILES string of the molecule is NC(CCc1cc(F)cc([N+](=O)[O-])c1)C1CCCC1. The van der Waals surface area contributed by atoms with E-state index in [4.69, 9.17) is 5.73 Å². The van der Waals surface area contributed by atoms with E-state index in [0.717, 1.165) is 12.5 Å². The van der Waals surface area contributed by atoms with Gasteiger partial charge < -0.3 is 5.73 Å². The number of hydrogen-bond donors (Lipinski definition) is 1. The summed E-state index contributed by atoms with van der Waals surface area (Å²) in [6, 6.07) is 3.85. The molecule has 5 heteroatoms. The van der Waals surface area contributed by atoms with Crippen molar-refractivity contribution in [1.29, 1.82) is 0 Å². The minimum atomic E-state index is -0.566. The van der Waals surface area contributed by atoms with Crippen molar-refractivity contribution in [2.24, 2.45) is 11.7 Å². The number of hydrogen-bond acceptors (Lipinski definition) is 3. The standard InChI is InChI=1S/C14H19FN2O2/c15-12-7-10(8-13(9-12)17(18)19)5-6-14(16)11-3-1-2-4-11/h7-9,11,14H,1-6,16H2. The molecule has 2 N–H and O–H groups in total. The molecule has 0 amide bonds. The molecule has 0 radical (unpaired) electrons. The lowest BCUT2D eigenvalue weighted by Crippen LogP contribution is -2.28. The molecule has 104 valence electrons. The molecule has 2 rings (SSSR count). The number of nitrogens with two attached hydrogens (primary N) is 1. The van der Waals surface area contributed by atoms with E-state index in [2.05, 4.69) is 0 Å². The summed E-state index contributed by atoms with van der Waals surface area (Å²) < 4.78 is 13.3. The van der Waals surface area contributed by atoms with E-state index >= 15 is 0 Å². The Kier molecular flexibility index (Phi) is 4.47. The zero-order chi connectivity index (χ0) is 13.8. The first-order chi connectivity index (χ1) is 9.06. The van der Waals surface area contributed by atoms with Crippen molar-refractivity contribution in [1.82, 2.24) is 0 Å². The van der Waals surface area contributed by atoms with Crippen molar-refractivity contribution in [3.63, 3.8) is 0 Å². The van der Waals surface area contributed by atoms with Gasteiger partial charge in [0.2, 0.25) is 0 Å². The normalized spacial score (nSPS) is 17.6. The number of nitro groups is 1. The van der Waals surface area contributed by atoms with Crippen molar-refractivity contribution >= 4 is 5.69 Å². The Hall–Kier alpha value is -1.49. The molecule has 0 heterocycles. The molecular formula is C14H19FN2O2. The Morgan fingerprint density at radius 3 is 2.68 bits per heavy atom. The van der Waals surface area contributed by atoms with Gasteiger partial charge in [-0.2, -0.15) is 0 Å². The summed E-state index contributed by atoms with van der Waals surface area (Å²) in [5, 5.41) is 10.7. The predicted octanol–water partition coefficient (Wildman–Crippen LogP) is 3.18. The molecule has 19 heavy (non-hydrogen) atoms. The van der Waals surface area contributed by atoms with Gasteiger partial charge in [-0.1, -0.05) is 12.8 Å². The van der Waals surface area contributed by atoms with Crippen LogP contribution >= 0.6 is 0 Å². The van der Waals surface area contributed by atoms with E-state index in [1.54, 1.807) is 0 Å². The molecule has 0 bridgehead atoms. The average molecular weight is 266 g/mol. The fourth-order valence-corrected chi connectivity index (χ4v) is 2.84. The highest BCUT2D eigenvalue weighted by Gasteiger charge is 2.21. The second-order valence-electron chi connectivity index (χ2n) is 5.32. The van der Waals surface area contributed by atoms with Crippen molar-refractivity contribution < 1.29 is 9.31 Å². The lowest BCUT2D eigenvalue weighted by Gasteiger charge is -2.18.